The summed E-state index contributed by atoms with van der Waals surface area (Å²) >= 11 is 0. The number of carboxylic acid groups (broad SMARTS) is 1. The molecule has 0 radical (unpaired) electrons. The quantitative estimate of drug-likeness (QED) is 0.696. The largest absolute Gasteiger partial charge is 0.480 e. The summed E-state index contributed by atoms with van der Waals surface area (Å²) in [6.45, 7) is 6.77. The van der Waals surface area contributed by atoms with Crippen LogP contribution in [0.2, 0.25) is 0 Å². The SMILES string of the molecule is CCCCN(C(=O)C1(C(=O)O)CC1)C(C)CC. The van der Waals surface area contributed by atoms with Gasteiger partial charge in [-0.25, -0.2) is 0 Å². The molecule has 4 heteroatoms. The highest BCUT2D eigenvalue weighted by molar-refractivity contribution is 6.04. The number of carboxylic acids is 1. The third kappa shape index (κ3) is 2.79. The summed E-state index contributed by atoms with van der Waals surface area (Å²) in [5.41, 5.74) is -1.09. The lowest BCUT2D eigenvalue weighted by atomic mass is 10.0. The molecule has 1 unspecified atom stereocenters. The van der Waals surface area contributed by atoms with Gasteiger partial charge in [0, 0.05) is 12.6 Å². The Bertz CT molecular complexity index is 297. The zero-order valence-corrected chi connectivity index (χ0v) is 11.0. The topological polar surface area (TPSA) is 57.6 Å². The lowest BCUT2D eigenvalue weighted by molar-refractivity contribution is -0.154. The molecule has 1 rings (SSSR count). The lowest BCUT2D eigenvalue weighted by Gasteiger charge is -2.31. The van der Waals surface area contributed by atoms with E-state index in [9.17, 15) is 9.59 Å². The standard InChI is InChI=1S/C13H23NO3/c1-4-6-9-14(10(3)5-2)11(15)13(7-8-13)12(16)17/h10H,4-9H2,1-3H3,(H,16,17). The van der Waals surface area contributed by atoms with Gasteiger partial charge in [0.05, 0.1) is 0 Å². The molecule has 98 valence electrons. The summed E-state index contributed by atoms with van der Waals surface area (Å²) in [6.07, 6.45) is 3.82. The number of aliphatic carboxylic acids is 1. The van der Waals surface area contributed by atoms with Crippen molar-refractivity contribution in [3.05, 3.63) is 0 Å². The molecule has 1 N–H and O–H groups in total. The van der Waals surface area contributed by atoms with Crippen LogP contribution in [0.1, 0.15) is 52.9 Å². The smallest absolute Gasteiger partial charge is 0.319 e. The summed E-state index contributed by atoms with van der Waals surface area (Å²) in [6, 6.07) is 0.130. The average molecular weight is 241 g/mol. The summed E-state index contributed by atoms with van der Waals surface area (Å²) < 4.78 is 0. The van der Waals surface area contributed by atoms with Gasteiger partial charge in [-0.05, 0) is 32.6 Å². The number of hydrogen-bond donors (Lipinski definition) is 1. The van der Waals surface area contributed by atoms with Gasteiger partial charge in [-0.1, -0.05) is 20.3 Å². The van der Waals surface area contributed by atoms with E-state index >= 15 is 0 Å². The Balaban J connectivity index is 2.76. The van der Waals surface area contributed by atoms with Gasteiger partial charge in [0.15, 0.2) is 0 Å². The molecular formula is C13H23NO3. The summed E-state index contributed by atoms with van der Waals surface area (Å²) in [7, 11) is 0. The van der Waals surface area contributed by atoms with Crippen molar-refractivity contribution in [1.29, 1.82) is 0 Å². The van der Waals surface area contributed by atoms with Crippen molar-refractivity contribution in [3.63, 3.8) is 0 Å². The van der Waals surface area contributed by atoms with E-state index < -0.39 is 11.4 Å². The fraction of sp³-hybridized carbons (Fsp3) is 0.846. The van der Waals surface area contributed by atoms with Gasteiger partial charge in [0.1, 0.15) is 5.41 Å². The molecule has 0 bridgehead atoms. The number of unbranched alkanes of at least 4 members (excludes halogenated alkanes) is 1. The van der Waals surface area contributed by atoms with Crippen LogP contribution in [-0.4, -0.2) is 34.5 Å². The third-order valence-electron chi connectivity index (χ3n) is 3.71. The van der Waals surface area contributed by atoms with E-state index in [1.54, 1.807) is 4.90 Å². The molecular weight excluding hydrogens is 218 g/mol. The first-order valence-corrected chi connectivity index (χ1v) is 6.54. The van der Waals surface area contributed by atoms with E-state index in [0.29, 0.717) is 19.4 Å². The fourth-order valence-electron chi connectivity index (χ4n) is 1.99. The van der Waals surface area contributed by atoms with Crippen molar-refractivity contribution in [2.75, 3.05) is 6.54 Å². The Morgan fingerprint density at radius 2 is 1.94 bits per heavy atom. The first-order valence-electron chi connectivity index (χ1n) is 6.54. The van der Waals surface area contributed by atoms with Crippen LogP contribution in [0, 0.1) is 5.41 Å². The number of carbonyl (C=O) groups is 2. The van der Waals surface area contributed by atoms with Crippen molar-refractivity contribution < 1.29 is 14.7 Å². The van der Waals surface area contributed by atoms with Crippen molar-refractivity contribution >= 4 is 11.9 Å². The monoisotopic (exact) mass is 241 g/mol. The molecule has 0 spiro atoms. The predicted octanol–water partition coefficient (Wildman–Crippen LogP) is 2.28. The molecule has 4 nitrogen and oxygen atoms in total. The number of carbonyl (C=O) groups excluding carboxylic acids is 1. The summed E-state index contributed by atoms with van der Waals surface area (Å²) in [4.78, 5) is 25.3. The van der Waals surface area contributed by atoms with E-state index in [4.69, 9.17) is 5.11 Å². The Labute approximate surface area is 103 Å². The van der Waals surface area contributed by atoms with Crippen molar-refractivity contribution in [2.45, 2.75) is 58.9 Å². The minimum Gasteiger partial charge on any atom is -0.480 e. The molecule has 0 aromatic heterocycles. The van der Waals surface area contributed by atoms with E-state index in [0.717, 1.165) is 19.3 Å². The number of rotatable bonds is 7. The highest BCUT2D eigenvalue weighted by Crippen LogP contribution is 2.47. The highest BCUT2D eigenvalue weighted by Gasteiger charge is 2.58. The third-order valence-corrected chi connectivity index (χ3v) is 3.71. The van der Waals surface area contributed by atoms with Crippen LogP contribution in [0.25, 0.3) is 0 Å². The lowest BCUT2D eigenvalue weighted by Crippen LogP contribution is -2.45. The first-order chi connectivity index (χ1) is 7.99. The molecule has 1 atom stereocenters. The second kappa shape index (κ2) is 5.52. The minimum atomic E-state index is -1.09. The summed E-state index contributed by atoms with van der Waals surface area (Å²) in [5, 5.41) is 9.16. The molecule has 1 saturated carbocycles. The zero-order valence-electron chi connectivity index (χ0n) is 11.0. The zero-order chi connectivity index (χ0) is 13.1. The molecule has 1 amide bonds. The van der Waals surface area contributed by atoms with Crippen molar-refractivity contribution in [1.82, 2.24) is 4.90 Å². The second-order valence-electron chi connectivity index (χ2n) is 5.00. The van der Waals surface area contributed by atoms with Gasteiger partial charge in [-0.15, -0.1) is 0 Å². The molecule has 17 heavy (non-hydrogen) atoms. The number of amides is 1. The Hall–Kier alpha value is -1.06. The maximum absolute atomic E-state index is 12.3. The molecule has 1 aliphatic carbocycles. The normalized spacial score (nSPS) is 18.5. The Kier molecular flexibility index (Phi) is 4.54. The van der Waals surface area contributed by atoms with Gasteiger partial charge < -0.3 is 10.0 Å². The van der Waals surface area contributed by atoms with Crippen LogP contribution in [-0.2, 0) is 9.59 Å². The molecule has 0 aromatic rings. The van der Waals surface area contributed by atoms with Gasteiger partial charge in [0.25, 0.3) is 0 Å². The number of nitrogens with zero attached hydrogens (tertiary/aromatic N) is 1. The van der Waals surface area contributed by atoms with Crippen LogP contribution in [0.3, 0.4) is 0 Å². The molecule has 1 fully saturated rings. The molecule has 1 aliphatic rings. The van der Waals surface area contributed by atoms with Gasteiger partial charge in [-0.2, -0.15) is 0 Å². The van der Waals surface area contributed by atoms with E-state index in [2.05, 4.69) is 6.92 Å². The minimum absolute atomic E-state index is 0.130. The fourth-order valence-corrected chi connectivity index (χ4v) is 1.99. The van der Waals surface area contributed by atoms with E-state index in [1.807, 2.05) is 13.8 Å². The summed E-state index contributed by atoms with van der Waals surface area (Å²) in [5.74, 6) is -1.12. The molecule has 0 heterocycles. The van der Waals surface area contributed by atoms with E-state index in [1.165, 1.54) is 0 Å². The van der Waals surface area contributed by atoms with Gasteiger partial charge in [-0.3, -0.25) is 9.59 Å². The average Bonchev–Trinajstić information content (AvgIpc) is 3.09. The Morgan fingerprint density at radius 1 is 1.35 bits per heavy atom. The molecule has 0 saturated heterocycles. The van der Waals surface area contributed by atoms with Crippen molar-refractivity contribution in [2.24, 2.45) is 5.41 Å². The number of hydrogen-bond acceptors (Lipinski definition) is 2. The predicted molar refractivity (Wildman–Crippen MR) is 65.7 cm³/mol. The van der Waals surface area contributed by atoms with Crippen LogP contribution in [0.5, 0.6) is 0 Å². The van der Waals surface area contributed by atoms with Gasteiger partial charge >= 0.3 is 5.97 Å². The van der Waals surface area contributed by atoms with Crippen LogP contribution in [0.4, 0.5) is 0 Å². The maximum atomic E-state index is 12.3. The maximum Gasteiger partial charge on any atom is 0.319 e. The Morgan fingerprint density at radius 3 is 2.29 bits per heavy atom. The van der Waals surface area contributed by atoms with Crippen LogP contribution < -0.4 is 0 Å². The van der Waals surface area contributed by atoms with Gasteiger partial charge in [0.2, 0.25) is 5.91 Å². The molecule has 0 aromatic carbocycles. The van der Waals surface area contributed by atoms with Crippen LogP contribution in [0.15, 0.2) is 0 Å². The first kappa shape index (κ1) is 14.0. The second-order valence-corrected chi connectivity index (χ2v) is 5.00. The highest BCUT2D eigenvalue weighted by atomic mass is 16.4. The molecule has 0 aliphatic heterocycles. The van der Waals surface area contributed by atoms with Crippen molar-refractivity contribution in [3.8, 4) is 0 Å². The van der Waals surface area contributed by atoms with E-state index in [-0.39, 0.29) is 11.9 Å². The van der Waals surface area contributed by atoms with Crippen LogP contribution >= 0.6 is 0 Å².